The van der Waals surface area contributed by atoms with E-state index < -0.39 is 0 Å². The molecule has 2 rings (SSSR count). The van der Waals surface area contributed by atoms with Crippen LogP contribution in [0, 0.1) is 0 Å². The van der Waals surface area contributed by atoms with E-state index in [0.29, 0.717) is 24.6 Å². The van der Waals surface area contributed by atoms with Crippen molar-refractivity contribution in [3.63, 3.8) is 0 Å². The van der Waals surface area contributed by atoms with Gasteiger partial charge in [0.15, 0.2) is 0 Å². The van der Waals surface area contributed by atoms with Crippen LogP contribution in [-0.2, 0) is 11.2 Å². The zero-order valence-electron chi connectivity index (χ0n) is 12.3. The van der Waals surface area contributed by atoms with E-state index in [4.69, 9.17) is 21.1 Å². The van der Waals surface area contributed by atoms with Crippen LogP contribution in [0.15, 0.2) is 48.5 Å². The Bertz CT molecular complexity index is 614. The van der Waals surface area contributed by atoms with Crippen molar-refractivity contribution in [2.75, 3.05) is 20.3 Å². The number of rotatable bonds is 7. The lowest BCUT2D eigenvalue weighted by Gasteiger charge is -2.08. The molecule has 0 bridgehead atoms. The Morgan fingerprint density at radius 1 is 1.14 bits per heavy atom. The highest BCUT2D eigenvalue weighted by Crippen LogP contribution is 2.15. The van der Waals surface area contributed by atoms with Crippen LogP contribution >= 0.6 is 11.6 Å². The van der Waals surface area contributed by atoms with E-state index in [-0.39, 0.29) is 5.91 Å². The molecule has 22 heavy (non-hydrogen) atoms. The molecule has 4 nitrogen and oxygen atoms in total. The van der Waals surface area contributed by atoms with Crippen LogP contribution in [-0.4, -0.2) is 26.2 Å². The van der Waals surface area contributed by atoms with Gasteiger partial charge in [0.25, 0.3) is 0 Å². The molecule has 0 fully saturated rings. The number of halogens is 1. The standard InChI is InChI=1S/C17H18ClNO3/c1-21-16-4-2-3-13(11-16)12-17(20)19-9-10-22-15-7-5-14(18)6-8-15/h2-8,11H,9-10,12H2,1H3,(H,19,20). The van der Waals surface area contributed by atoms with Crippen molar-refractivity contribution in [2.45, 2.75) is 6.42 Å². The predicted octanol–water partition coefficient (Wildman–Crippen LogP) is 3.09. The summed E-state index contributed by atoms with van der Waals surface area (Å²) in [4.78, 5) is 11.8. The molecular formula is C17H18ClNO3. The fraction of sp³-hybridized carbons (Fsp3) is 0.235. The van der Waals surface area contributed by atoms with Gasteiger partial charge in [-0.15, -0.1) is 0 Å². The minimum Gasteiger partial charge on any atom is -0.497 e. The highest BCUT2D eigenvalue weighted by molar-refractivity contribution is 6.30. The largest absolute Gasteiger partial charge is 0.497 e. The molecule has 0 spiro atoms. The molecule has 1 amide bonds. The summed E-state index contributed by atoms with van der Waals surface area (Å²) in [5, 5.41) is 3.49. The van der Waals surface area contributed by atoms with Crippen molar-refractivity contribution in [1.82, 2.24) is 5.32 Å². The summed E-state index contributed by atoms with van der Waals surface area (Å²) < 4.78 is 10.6. The Kier molecular flexibility index (Phi) is 6.10. The van der Waals surface area contributed by atoms with Gasteiger partial charge in [-0.25, -0.2) is 0 Å². The van der Waals surface area contributed by atoms with Gasteiger partial charge in [0.2, 0.25) is 5.91 Å². The SMILES string of the molecule is COc1cccc(CC(=O)NCCOc2ccc(Cl)cc2)c1. The van der Waals surface area contributed by atoms with E-state index in [9.17, 15) is 4.79 Å². The molecule has 2 aromatic carbocycles. The zero-order valence-corrected chi connectivity index (χ0v) is 13.1. The average Bonchev–Trinajstić information content (AvgIpc) is 2.53. The van der Waals surface area contributed by atoms with Crippen molar-refractivity contribution in [3.8, 4) is 11.5 Å². The quantitative estimate of drug-likeness (QED) is 0.798. The summed E-state index contributed by atoms with van der Waals surface area (Å²) in [7, 11) is 1.60. The molecule has 0 heterocycles. The fourth-order valence-corrected chi connectivity index (χ4v) is 2.05. The van der Waals surface area contributed by atoms with E-state index in [2.05, 4.69) is 5.32 Å². The minimum absolute atomic E-state index is 0.0482. The second kappa shape index (κ2) is 8.29. The molecule has 0 saturated heterocycles. The van der Waals surface area contributed by atoms with Crippen molar-refractivity contribution in [3.05, 3.63) is 59.1 Å². The van der Waals surface area contributed by atoms with E-state index >= 15 is 0 Å². The molecule has 5 heteroatoms. The minimum atomic E-state index is -0.0482. The molecule has 0 atom stereocenters. The van der Waals surface area contributed by atoms with E-state index in [1.54, 1.807) is 31.4 Å². The first-order chi connectivity index (χ1) is 10.7. The molecule has 0 aliphatic rings. The molecule has 0 aliphatic heterocycles. The van der Waals surface area contributed by atoms with Crippen LogP contribution in [0.2, 0.25) is 5.02 Å². The van der Waals surface area contributed by atoms with Crippen LogP contribution in [0.25, 0.3) is 0 Å². The second-order valence-electron chi connectivity index (χ2n) is 4.68. The monoisotopic (exact) mass is 319 g/mol. The molecule has 116 valence electrons. The third kappa shape index (κ3) is 5.30. The first-order valence-electron chi connectivity index (χ1n) is 6.95. The predicted molar refractivity (Wildman–Crippen MR) is 86.7 cm³/mol. The maximum Gasteiger partial charge on any atom is 0.224 e. The molecule has 0 unspecified atom stereocenters. The van der Waals surface area contributed by atoms with Gasteiger partial charge in [-0.05, 0) is 42.0 Å². The van der Waals surface area contributed by atoms with Gasteiger partial charge in [0.1, 0.15) is 18.1 Å². The van der Waals surface area contributed by atoms with Crippen LogP contribution in [0.3, 0.4) is 0 Å². The average molecular weight is 320 g/mol. The van der Waals surface area contributed by atoms with Gasteiger partial charge in [-0.2, -0.15) is 0 Å². The number of amides is 1. The van der Waals surface area contributed by atoms with Gasteiger partial charge in [0, 0.05) is 5.02 Å². The summed E-state index contributed by atoms with van der Waals surface area (Å²) in [6.45, 7) is 0.858. The van der Waals surface area contributed by atoms with Crippen LogP contribution in [0.4, 0.5) is 0 Å². The first-order valence-corrected chi connectivity index (χ1v) is 7.33. The van der Waals surface area contributed by atoms with Gasteiger partial charge < -0.3 is 14.8 Å². The van der Waals surface area contributed by atoms with Crippen LogP contribution < -0.4 is 14.8 Å². The maximum absolute atomic E-state index is 11.8. The Morgan fingerprint density at radius 2 is 1.91 bits per heavy atom. The van der Waals surface area contributed by atoms with Crippen molar-refractivity contribution in [2.24, 2.45) is 0 Å². The summed E-state index contributed by atoms with van der Waals surface area (Å²) in [5.41, 5.74) is 0.912. The summed E-state index contributed by atoms with van der Waals surface area (Å²) >= 11 is 5.79. The van der Waals surface area contributed by atoms with Gasteiger partial charge in [-0.1, -0.05) is 23.7 Å². The molecule has 0 aromatic heterocycles. The lowest BCUT2D eigenvalue weighted by molar-refractivity contribution is -0.120. The number of ether oxygens (including phenoxy) is 2. The van der Waals surface area contributed by atoms with E-state index in [0.717, 1.165) is 17.1 Å². The molecule has 1 N–H and O–H groups in total. The number of hydrogen-bond donors (Lipinski definition) is 1. The van der Waals surface area contributed by atoms with E-state index in [1.165, 1.54) is 0 Å². The number of carbonyl (C=O) groups is 1. The number of methoxy groups -OCH3 is 1. The van der Waals surface area contributed by atoms with Gasteiger partial charge >= 0.3 is 0 Å². The Labute approximate surface area is 135 Å². The summed E-state index contributed by atoms with van der Waals surface area (Å²) in [5.74, 6) is 1.43. The van der Waals surface area contributed by atoms with Crippen LogP contribution in [0.1, 0.15) is 5.56 Å². The maximum atomic E-state index is 11.8. The molecule has 0 saturated carbocycles. The van der Waals surface area contributed by atoms with Crippen molar-refractivity contribution >= 4 is 17.5 Å². The second-order valence-corrected chi connectivity index (χ2v) is 5.12. The third-order valence-electron chi connectivity index (χ3n) is 3.01. The first kappa shape index (κ1) is 16.2. The number of nitrogens with one attached hydrogen (secondary N) is 1. The lowest BCUT2D eigenvalue weighted by Crippen LogP contribution is -2.29. The molecule has 0 radical (unpaired) electrons. The molecule has 2 aromatic rings. The lowest BCUT2D eigenvalue weighted by atomic mass is 10.1. The number of carbonyl (C=O) groups excluding carboxylic acids is 1. The Balaban J connectivity index is 1.70. The normalized spacial score (nSPS) is 10.1. The zero-order chi connectivity index (χ0) is 15.8. The van der Waals surface area contributed by atoms with Gasteiger partial charge in [0.05, 0.1) is 20.1 Å². The third-order valence-corrected chi connectivity index (χ3v) is 3.26. The van der Waals surface area contributed by atoms with Gasteiger partial charge in [-0.3, -0.25) is 4.79 Å². The van der Waals surface area contributed by atoms with Crippen molar-refractivity contribution in [1.29, 1.82) is 0 Å². The Hall–Kier alpha value is -2.20. The molecular weight excluding hydrogens is 302 g/mol. The topological polar surface area (TPSA) is 47.6 Å². The van der Waals surface area contributed by atoms with Crippen LogP contribution in [0.5, 0.6) is 11.5 Å². The molecule has 0 aliphatic carbocycles. The smallest absolute Gasteiger partial charge is 0.224 e. The number of hydrogen-bond acceptors (Lipinski definition) is 3. The van der Waals surface area contributed by atoms with Crippen molar-refractivity contribution < 1.29 is 14.3 Å². The Morgan fingerprint density at radius 3 is 2.64 bits per heavy atom. The highest BCUT2D eigenvalue weighted by Gasteiger charge is 2.04. The fourth-order valence-electron chi connectivity index (χ4n) is 1.92. The summed E-state index contributed by atoms with van der Waals surface area (Å²) in [6.07, 6.45) is 0.318. The number of benzene rings is 2. The summed E-state index contributed by atoms with van der Waals surface area (Å²) in [6, 6.07) is 14.6. The van der Waals surface area contributed by atoms with E-state index in [1.807, 2.05) is 24.3 Å². The highest BCUT2D eigenvalue weighted by atomic mass is 35.5.